The number of rotatable bonds is 7. The van der Waals surface area contributed by atoms with Crippen LogP contribution in [-0.4, -0.2) is 27.3 Å². The van der Waals surface area contributed by atoms with Crippen molar-refractivity contribution in [2.75, 3.05) is 5.32 Å². The highest BCUT2D eigenvalue weighted by atomic mass is 35.5. The maximum atomic E-state index is 14.5. The Morgan fingerprint density at radius 1 is 1.12 bits per heavy atom. The molecule has 1 aromatic heterocycles. The first kappa shape index (κ1) is 25.0. The van der Waals surface area contributed by atoms with Gasteiger partial charge in [-0.05, 0) is 32.4 Å². The topological polar surface area (TPSA) is 94.5 Å². The minimum absolute atomic E-state index is 0.00106. The predicted molar refractivity (Wildman–Crippen MR) is 122 cm³/mol. The third kappa shape index (κ3) is 7.17. The molecular weight excluding hydrogens is 470 g/mol. The summed E-state index contributed by atoms with van der Waals surface area (Å²) in [4.78, 5) is 24.0. The Bertz CT molecular complexity index is 1180. The van der Waals surface area contributed by atoms with Crippen molar-refractivity contribution < 1.29 is 27.8 Å². The summed E-state index contributed by atoms with van der Waals surface area (Å²) in [5.74, 6) is -2.86. The average Bonchev–Trinajstić information content (AvgIpc) is 3.08. The summed E-state index contributed by atoms with van der Waals surface area (Å²) < 4.78 is 40.1. The Kier molecular flexibility index (Phi) is 7.72. The van der Waals surface area contributed by atoms with Gasteiger partial charge in [-0.2, -0.15) is 4.39 Å². The molecule has 2 aromatic carbocycles. The van der Waals surface area contributed by atoms with Crippen molar-refractivity contribution in [1.82, 2.24) is 15.1 Å². The summed E-state index contributed by atoms with van der Waals surface area (Å²) in [5.41, 5.74) is 0.0502. The van der Waals surface area contributed by atoms with Crippen LogP contribution in [0.4, 0.5) is 19.3 Å². The molecule has 0 unspecified atom stereocenters. The number of hydrogen-bond acceptors (Lipinski definition) is 5. The number of nitrogens with one attached hydrogen (secondary N) is 2. The average molecular weight is 493 g/mol. The van der Waals surface area contributed by atoms with Crippen molar-refractivity contribution in [2.45, 2.75) is 39.5 Å². The van der Waals surface area contributed by atoms with Gasteiger partial charge < -0.3 is 14.8 Å². The van der Waals surface area contributed by atoms with E-state index < -0.39 is 29.1 Å². The Morgan fingerprint density at radius 2 is 1.82 bits per heavy atom. The molecule has 0 spiro atoms. The van der Waals surface area contributed by atoms with E-state index in [1.807, 2.05) is 6.07 Å². The Balaban J connectivity index is 1.64. The van der Waals surface area contributed by atoms with Crippen LogP contribution in [-0.2, 0) is 22.7 Å². The Labute approximate surface area is 199 Å². The van der Waals surface area contributed by atoms with E-state index in [4.69, 9.17) is 21.1 Å². The third-order valence-corrected chi connectivity index (χ3v) is 4.48. The second-order valence-electron chi connectivity index (χ2n) is 8.33. The largest absolute Gasteiger partial charge is 0.444 e. The molecule has 0 fully saturated rings. The molecular formula is C23H23ClF2N4O4. The fourth-order valence-corrected chi connectivity index (χ4v) is 3.01. The minimum atomic E-state index is -0.888. The first-order valence-corrected chi connectivity index (χ1v) is 10.6. The van der Waals surface area contributed by atoms with Crippen molar-refractivity contribution in [3.8, 4) is 11.6 Å². The summed E-state index contributed by atoms with van der Waals surface area (Å²) >= 11 is 6.12. The Hall–Kier alpha value is -3.66. The number of benzene rings is 2. The van der Waals surface area contributed by atoms with Crippen LogP contribution in [0.2, 0.25) is 5.02 Å². The summed E-state index contributed by atoms with van der Waals surface area (Å²) in [5, 5.41) is 8.72. The molecule has 11 heteroatoms. The number of nitrogens with zero attached hydrogens (tertiary/aromatic N) is 2. The highest BCUT2D eigenvalue weighted by Crippen LogP contribution is 2.34. The number of carbonyl (C=O) groups excluding carboxylic acids is 2. The quantitative estimate of drug-likeness (QED) is 0.468. The molecule has 0 aliphatic carbocycles. The lowest BCUT2D eigenvalue weighted by molar-refractivity contribution is -0.123. The van der Waals surface area contributed by atoms with Gasteiger partial charge in [0.2, 0.25) is 11.7 Å². The van der Waals surface area contributed by atoms with Crippen molar-refractivity contribution >= 4 is 29.3 Å². The normalized spacial score (nSPS) is 11.1. The molecule has 34 heavy (non-hydrogen) atoms. The van der Waals surface area contributed by atoms with Gasteiger partial charge in [0.25, 0.3) is 5.88 Å². The van der Waals surface area contributed by atoms with Gasteiger partial charge in [0.05, 0.1) is 16.9 Å². The van der Waals surface area contributed by atoms with Crippen LogP contribution in [0.3, 0.4) is 0 Å². The van der Waals surface area contributed by atoms with Gasteiger partial charge in [-0.1, -0.05) is 41.9 Å². The molecule has 8 nitrogen and oxygen atoms in total. The zero-order chi connectivity index (χ0) is 24.9. The van der Waals surface area contributed by atoms with Crippen LogP contribution in [0.25, 0.3) is 0 Å². The number of aromatic nitrogens is 2. The monoisotopic (exact) mass is 492 g/mol. The van der Waals surface area contributed by atoms with Crippen LogP contribution in [0.1, 0.15) is 26.3 Å². The van der Waals surface area contributed by atoms with Gasteiger partial charge in [0.1, 0.15) is 13.2 Å². The fourth-order valence-electron chi connectivity index (χ4n) is 2.81. The van der Waals surface area contributed by atoms with Crippen LogP contribution in [0, 0.1) is 11.6 Å². The molecule has 0 atom stereocenters. The smallest absolute Gasteiger partial charge is 0.412 e. The van der Waals surface area contributed by atoms with Crippen LogP contribution >= 0.6 is 11.6 Å². The highest BCUT2D eigenvalue weighted by molar-refractivity contribution is 6.32. The number of amides is 2. The van der Waals surface area contributed by atoms with Crippen LogP contribution in [0.5, 0.6) is 11.6 Å². The van der Waals surface area contributed by atoms with Crippen molar-refractivity contribution in [2.24, 2.45) is 0 Å². The first-order chi connectivity index (χ1) is 16.0. The van der Waals surface area contributed by atoms with E-state index >= 15 is 0 Å². The first-order valence-electron chi connectivity index (χ1n) is 10.2. The van der Waals surface area contributed by atoms with Gasteiger partial charge >= 0.3 is 6.09 Å². The van der Waals surface area contributed by atoms with Crippen molar-refractivity contribution in [3.05, 3.63) is 70.9 Å². The molecule has 0 aliphatic rings. The van der Waals surface area contributed by atoms with Crippen LogP contribution in [0.15, 0.2) is 48.7 Å². The zero-order valence-corrected chi connectivity index (χ0v) is 19.5. The maximum Gasteiger partial charge on any atom is 0.412 e. The van der Waals surface area contributed by atoms with E-state index in [2.05, 4.69) is 15.7 Å². The van der Waals surface area contributed by atoms with Gasteiger partial charge in [-0.3, -0.25) is 14.8 Å². The van der Waals surface area contributed by atoms with E-state index in [9.17, 15) is 18.4 Å². The molecule has 2 amide bonds. The summed E-state index contributed by atoms with van der Waals surface area (Å²) in [6, 6.07) is 10.9. The number of halogens is 3. The van der Waals surface area contributed by atoms with E-state index in [1.54, 1.807) is 45.0 Å². The molecule has 0 aliphatic heterocycles. The second-order valence-corrected chi connectivity index (χ2v) is 8.74. The van der Waals surface area contributed by atoms with Crippen molar-refractivity contribution in [1.29, 1.82) is 0 Å². The van der Waals surface area contributed by atoms with E-state index in [1.165, 1.54) is 0 Å². The number of ether oxygens (including phenoxy) is 2. The SMILES string of the molecule is CC(C)(C)NC(=O)Cn1cc(F)c(Oc2cc(F)c(NC(=O)OCc3ccccc3)cc2Cl)n1. The standard InChI is InChI=1S/C23H23ClF2N4O4/c1-23(2,3)28-20(31)12-30-11-17(26)21(29-30)34-19-10-16(25)18(9-15(19)24)27-22(32)33-13-14-7-5-4-6-8-14/h4-11H,12-13H2,1-3H3,(H,27,32)(H,28,31). The van der Waals surface area contributed by atoms with E-state index in [-0.39, 0.29) is 35.5 Å². The Morgan fingerprint density at radius 3 is 2.50 bits per heavy atom. The lowest BCUT2D eigenvalue weighted by Crippen LogP contribution is -2.42. The van der Waals surface area contributed by atoms with Gasteiger partial charge in [-0.25, -0.2) is 9.18 Å². The molecule has 0 radical (unpaired) electrons. The molecule has 3 rings (SSSR count). The van der Waals surface area contributed by atoms with E-state index in [0.29, 0.717) is 0 Å². The molecule has 0 saturated heterocycles. The van der Waals surface area contributed by atoms with Crippen LogP contribution < -0.4 is 15.4 Å². The minimum Gasteiger partial charge on any atom is -0.444 e. The maximum absolute atomic E-state index is 14.5. The highest BCUT2D eigenvalue weighted by Gasteiger charge is 2.19. The summed E-state index contributed by atoms with van der Waals surface area (Å²) in [6.45, 7) is 5.18. The molecule has 1 heterocycles. The second kappa shape index (κ2) is 10.5. The van der Waals surface area contributed by atoms with E-state index in [0.717, 1.165) is 28.6 Å². The molecule has 3 aromatic rings. The lowest BCUT2D eigenvalue weighted by Gasteiger charge is -2.20. The van der Waals surface area contributed by atoms with Gasteiger partial charge in [0, 0.05) is 11.6 Å². The zero-order valence-electron chi connectivity index (χ0n) is 18.7. The van der Waals surface area contributed by atoms with Gasteiger partial charge in [0.15, 0.2) is 11.6 Å². The number of hydrogen-bond donors (Lipinski definition) is 2. The number of anilines is 1. The fraction of sp³-hybridized carbons (Fsp3) is 0.261. The molecule has 0 saturated carbocycles. The third-order valence-electron chi connectivity index (χ3n) is 4.18. The predicted octanol–water partition coefficient (Wildman–Crippen LogP) is 5.27. The molecule has 0 bridgehead atoms. The summed E-state index contributed by atoms with van der Waals surface area (Å²) in [7, 11) is 0. The molecule has 180 valence electrons. The summed E-state index contributed by atoms with van der Waals surface area (Å²) in [6.07, 6.45) is 0.0892. The lowest BCUT2D eigenvalue weighted by atomic mass is 10.1. The molecule has 2 N–H and O–H groups in total. The van der Waals surface area contributed by atoms with Crippen molar-refractivity contribution in [3.63, 3.8) is 0 Å². The number of carbonyl (C=O) groups is 2. The van der Waals surface area contributed by atoms with Gasteiger partial charge in [-0.15, -0.1) is 5.10 Å².